The summed E-state index contributed by atoms with van der Waals surface area (Å²) in [4.78, 5) is 0. The van der Waals surface area contributed by atoms with E-state index in [0.717, 1.165) is 32.3 Å². The smallest absolute Gasteiger partial charge is 0.0716 e. The van der Waals surface area contributed by atoms with Gasteiger partial charge in [0, 0.05) is 6.61 Å². The van der Waals surface area contributed by atoms with Gasteiger partial charge in [-0.2, -0.15) is 0 Å². The Morgan fingerprint density at radius 2 is 1.76 bits per heavy atom. The molecule has 0 heterocycles. The first-order valence-electron chi connectivity index (χ1n) is 6.42. The van der Waals surface area contributed by atoms with Crippen LogP contribution in [0.3, 0.4) is 0 Å². The topological polar surface area (TPSA) is 29.5 Å². The van der Waals surface area contributed by atoms with Gasteiger partial charge >= 0.3 is 0 Å². The third kappa shape index (κ3) is 7.94. The van der Waals surface area contributed by atoms with Gasteiger partial charge in [-0.1, -0.05) is 43.2 Å². The van der Waals surface area contributed by atoms with E-state index in [2.05, 4.69) is 12.1 Å². The SMILES string of the molecule is CC(C)(O)CCCCCOCc1ccccc1. The van der Waals surface area contributed by atoms with Crippen LogP contribution in [0.15, 0.2) is 30.3 Å². The molecule has 96 valence electrons. The molecular formula is C15H24O2. The minimum Gasteiger partial charge on any atom is -0.390 e. The maximum Gasteiger partial charge on any atom is 0.0716 e. The van der Waals surface area contributed by atoms with Crippen molar-refractivity contribution in [1.29, 1.82) is 0 Å². The average molecular weight is 236 g/mol. The van der Waals surface area contributed by atoms with Crippen molar-refractivity contribution >= 4 is 0 Å². The van der Waals surface area contributed by atoms with Crippen molar-refractivity contribution in [2.45, 2.75) is 51.7 Å². The lowest BCUT2D eigenvalue weighted by Gasteiger charge is -2.16. The molecule has 1 rings (SSSR count). The standard InChI is InChI=1S/C15H24O2/c1-15(2,16)11-7-4-8-12-17-13-14-9-5-3-6-10-14/h3,5-6,9-10,16H,4,7-8,11-13H2,1-2H3. The van der Waals surface area contributed by atoms with E-state index in [1.165, 1.54) is 5.56 Å². The van der Waals surface area contributed by atoms with Gasteiger partial charge in [-0.15, -0.1) is 0 Å². The van der Waals surface area contributed by atoms with Crippen molar-refractivity contribution in [3.8, 4) is 0 Å². The first-order chi connectivity index (χ1) is 8.08. The summed E-state index contributed by atoms with van der Waals surface area (Å²) in [6.45, 7) is 5.23. The quantitative estimate of drug-likeness (QED) is 0.700. The van der Waals surface area contributed by atoms with Crippen LogP contribution in [-0.2, 0) is 11.3 Å². The number of rotatable bonds is 8. The van der Waals surface area contributed by atoms with E-state index < -0.39 is 5.60 Å². The van der Waals surface area contributed by atoms with Crippen LogP contribution < -0.4 is 0 Å². The number of hydrogen-bond acceptors (Lipinski definition) is 2. The number of ether oxygens (including phenoxy) is 1. The highest BCUT2D eigenvalue weighted by atomic mass is 16.5. The van der Waals surface area contributed by atoms with Gasteiger partial charge in [0.15, 0.2) is 0 Å². The van der Waals surface area contributed by atoms with E-state index in [4.69, 9.17) is 4.74 Å². The second-order valence-corrected chi connectivity index (χ2v) is 5.16. The van der Waals surface area contributed by atoms with E-state index in [-0.39, 0.29) is 0 Å². The van der Waals surface area contributed by atoms with Crippen molar-refractivity contribution in [1.82, 2.24) is 0 Å². The Morgan fingerprint density at radius 3 is 2.41 bits per heavy atom. The number of aliphatic hydroxyl groups is 1. The van der Waals surface area contributed by atoms with Gasteiger partial charge in [0.2, 0.25) is 0 Å². The Morgan fingerprint density at radius 1 is 1.06 bits per heavy atom. The summed E-state index contributed by atoms with van der Waals surface area (Å²) in [6.07, 6.45) is 4.13. The lowest BCUT2D eigenvalue weighted by atomic mass is 10.0. The number of hydrogen-bond donors (Lipinski definition) is 1. The van der Waals surface area contributed by atoms with E-state index in [9.17, 15) is 5.11 Å². The second-order valence-electron chi connectivity index (χ2n) is 5.16. The van der Waals surface area contributed by atoms with Crippen LogP contribution in [0.2, 0.25) is 0 Å². The molecule has 0 aromatic heterocycles. The van der Waals surface area contributed by atoms with Gasteiger partial charge in [0.25, 0.3) is 0 Å². The van der Waals surface area contributed by atoms with Crippen LogP contribution in [0, 0.1) is 0 Å². The maximum absolute atomic E-state index is 9.54. The highest BCUT2D eigenvalue weighted by molar-refractivity contribution is 5.13. The first kappa shape index (κ1) is 14.2. The lowest BCUT2D eigenvalue weighted by molar-refractivity contribution is 0.0659. The highest BCUT2D eigenvalue weighted by Gasteiger charge is 2.10. The fourth-order valence-electron chi connectivity index (χ4n) is 1.70. The van der Waals surface area contributed by atoms with E-state index in [0.29, 0.717) is 6.61 Å². The molecule has 0 fully saturated rings. The van der Waals surface area contributed by atoms with E-state index in [1.807, 2.05) is 32.0 Å². The van der Waals surface area contributed by atoms with Gasteiger partial charge < -0.3 is 9.84 Å². The lowest BCUT2D eigenvalue weighted by Crippen LogP contribution is -2.17. The minimum absolute atomic E-state index is 0.523. The van der Waals surface area contributed by atoms with Gasteiger partial charge in [0.05, 0.1) is 12.2 Å². The largest absolute Gasteiger partial charge is 0.390 e. The summed E-state index contributed by atoms with van der Waals surface area (Å²) >= 11 is 0. The molecule has 1 N–H and O–H groups in total. The van der Waals surface area contributed by atoms with Crippen LogP contribution in [-0.4, -0.2) is 17.3 Å². The molecule has 0 radical (unpaired) electrons. The normalized spacial score (nSPS) is 11.7. The molecule has 0 bridgehead atoms. The number of benzene rings is 1. The van der Waals surface area contributed by atoms with Gasteiger partial charge in [0.1, 0.15) is 0 Å². The summed E-state index contributed by atoms with van der Waals surface area (Å²) in [7, 11) is 0. The molecule has 0 unspecified atom stereocenters. The monoisotopic (exact) mass is 236 g/mol. The Bertz CT molecular complexity index is 288. The molecule has 2 nitrogen and oxygen atoms in total. The molecule has 17 heavy (non-hydrogen) atoms. The van der Waals surface area contributed by atoms with E-state index >= 15 is 0 Å². The average Bonchev–Trinajstić information content (AvgIpc) is 2.28. The first-order valence-corrected chi connectivity index (χ1v) is 6.42. The highest BCUT2D eigenvalue weighted by Crippen LogP contribution is 2.13. The van der Waals surface area contributed by atoms with Crippen molar-refractivity contribution < 1.29 is 9.84 Å². The molecule has 2 heteroatoms. The van der Waals surface area contributed by atoms with Gasteiger partial charge in [-0.05, 0) is 32.3 Å². The Labute approximate surface area is 105 Å². The fourth-order valence-corrected chi connectivity index (χ4v) is 1.70. The van der Waals surface area contributed by atoms with Crippen LogP contribution >= 0.6 is 0 Å². The molecule has 0 atom stereocenters. The summed E-state index contributed by atoms with van der Waals surface area (Å²) < 4.78 is 5.59. The molecule has 0 amide bonds. The maximum atomic E-state index is 9.54. The van der Waals surface area contributed by atoms with Gasteiger partial charge in [-0.25, -0.2) is 0 Å². The van der Waals surface area contributed by atoms with Crippen LogP contribution in [0.1, 0.15) is 45.1 Å². The molecule has 0 saturated carbocycles. The van der Waals surface area contributed by atoms with Crippen LogP contribution in [0.25, 0.3) is 0 Å². The van der Waals surface area contributed by atoms with Crippen LogP contribution in [0.4, 0.5) is 0 Å². The Hall–Kier alpha value is -0.860. The predicted octanol–water partition coefficient (Wildman–Crippen LogP) is 3.53. The zero-order chi connectivity index (χ0) is 12.6. The Kier molecular flexibility index (Phi) is 6.23. The molecule has 0 saturated heterocycles. The zero-order valence-corrected chi connectivity index (χ0v) is 11.0. The summed E-state index contributed by atoms with van der Waals surface area (Å²) in [5, 5.41) is 9.54. The third-order valence-electron chi connectivity index (χ3n) is 2.69. The molecule has 0 aliphatic carbocycles. The Balaban J connectivity index is 1.95. The molecule has 0 spiro atoms. The van der Waals surface area contributed by atoms with Crippen molar-refractivity contribution in [2.75, 3.05) is 6.61 Å². The molecule has 0 aliphatic heterocycles. The fraction of sp³-hybridized carbons (Fsp3) is 0.600. The zero-order valence-electron chi connectivity index (χ0n) is 11.0. The van der Waals surface area contributed by atoms with Crippen molar-refractivity contribution in [2.24, 2.45) is 0 Å². The number of unbranched alkanes of at least 4 members (excludes halogenated alkanes) is 2. The van der Waals surface area contributed by atoms with Gasteiger partial charge in [-0.3, -0.25) is 0 Å². The summed E-state index contributed by atoms with van der Waals surface area (Å²) in [5.74, 6) is 0. The molecule has 1 aromatic carbocycles. The molecule has 1 aromatic rings. The van der Waals surface area contributed by atoms with Crippen LogP contribution in [0.5, 0.6) is 0 Å². The summed E-state index contributed by atoms with van der Waals surface area (Å²) in [6, 6.07) is 10.2. The summed E-state index contributed by atoms with van der Waals surface area (Å²) in [5.41, 5.74) is 0.703. The molecule has 0 aliphatic rings. The second kappa shape index (κ2) is 7.46. The predicted molar refractivity (Wildman–Crippen MR) is 70.9 cm³/mol. The van der Waals surface area contributed by atoms with Crippen molar-refractivity contribution in [3.05, 3.63) is 35.9 Å². The minimum atomic E-state index is -0.523. The molecular weight excluding hydrogens is 212 g/mol. The van der Waals surface area contributed by atoms with E-state index in [1.54, 1.807) is 0 Å². The third-order valence-corrected chi connectivity index (χ3v) is 2.69. The van der Waals surface area contributed by atoms with Crippen molar-refractivity contribution in [3.63, 3.8) is 0 Å².